The van der Waals surface area contributed by atoms with Crippen LogP contribution < -0.4 is 10.5 Å². The number of alkyl halides is 3. The molecule has 7 nitrogen and oxygen atoms in total. The summed E-state index contributed by atoms with van der Waals surface area (Å²) < 4.78 is 46.0. The molecule has 4 heterocycles. The first-order valence-electron chi connectivity index (χ1n) is 9.63. The third kappa shape index (κ3) is 3.06. The van der Waals surface area contributed by atoms with Crippen molar-refractivity contribution >= 4 is 22.5 Å². The average Bonchev–Trinajstić information content (AvgIpc) is 3.13. The Kier molecular flexibility index (Phi) is 4.09. The summed E-state index contributed by atoms with van der Waals surface area (Å²) in [5.74, 6) is 1.37. The summed E-state index contributed by atoms with van der Waals surface area (Å²) in [5.41, 5.74) is 7.24. The lowest BCUT2D eigenvalue weighted by Crippen LogP contribution is -2.54. The summed E-state index contributed by atoms with van der Waals surface area (Å²) in [6.07, 6.45) is -1.74. The van der Waals surface area contributed by atoms with Crippen LogP contribution in [0.4, 0.5) is 19.1 Å². The van der Waals surface area contributed by atoms with Gasteiger partial charge in [0.15, 0.2) is 11.5 Å². The first kappa shape index (κ1) is 18.4. The SMILES string of the molecule is COc1cccc2c1nc(N)n1nc([C@H]3CC4CC[C@@H]3N(CC(F)(F)F)C4)nc21. The smallest absolute Gasteiger partial charge is 0.401 e. The number of fused-ring (bicyclic) bond motifs is 6. The molecule has 0 spiro atoms. The predicted octanol–water partition coefficient (Wildman–Crippen LogP) is 3.00. The second-order valence-corrected chi connectivity index (χ2v) is 7.93. The second kappa shape index (κ2) is 6.45. The van der Waals surface area contributed by atoms with Gasteiger partial charge in [-0.15, -0.1) is 5.10 Å². The van der Waals surface area contributed by atoms with E-state index in [1.54, 1.807) is 18.1 Å². The average molecular weight is 406 g/mol. The van der Waals surface area contributed by atoms with E-state index in [1.807, 2.05) is 12.1 Å². The van der Waals surface area contributed by atoms with Gasteiger partial charge in [-0.3, -0.25) is 4.90 Å². The summed E-state index contributed by atoms with van der Waals surface area (Å²) in [6, 6.07) is 5.27. The maximum Gasteiger partial charge on any atom is 0.401 e. The van der Waals surface area contributed by atoms with Crippen LogP contribution in [0.1, 0.15) is 31.0 Å². The summed E-state index contributed by atoms with van der Waals surface area (Å²) in [5, 5.41) is 5.30. The number of nitrogen functional groups attached to an aromatic ring is 1. The quantitative estimate of drug-likeness (QED) is 0.720. The zero-order chi connectivity index (χ0) is 20.3. The molecule has 0 amide bonds. The zero-order valence-electron chi connectivity index (χ0n) is 15.9. The molecular formula is C19H21F3N6O. The van der Waals surface area contributed by atoms with Gasteiger partial charge in [0.25, 0.3) is 0 Å². The van der Waals surface area contributed by atoms with E-state index in [9.17, 15) is 13.2 Å². The number of halogens is 3. The molecule has 2 bridgehead atoms. The van der Waals surface area contributed by atoms with Crippen molar-refractivity contribution in [2.45, 2.75) is 37.4 Å². The number of hydrogen-bond acceptors (Lipinski definition) is 6. The molecule has 3 aliphatic rings. The van der Waals surface area contributed by atoms with Crippen LogP contribution in [0.2, 0.25) is 0 Å². The number of piperidine rings is 2. The fourth-order valence-electron chi connectivity index (χ4n) is 4.97. The van der Waals surface area contributed by atoms with E-state index < -0.39 is 12.7 Å². The lowest BCUT2D eigenvalue weighted by Gasteiger charge is -2.49. The Morgan fingerprint density at radius 3 is 2.79 bits per heavy atom. The van der Waals surface area contributed by atoms with Crippen molar-refractivity contribution in [3.8, 4) is 5.75 Å². The number of aromatic nitrogens is 4. The van der Waals surface area contributed by atoms with Gasteiger partial charge < -0.3 is 10.5 Å². The van der Waals surface area contributed by atoms with Crippen molar-refractivity contribution in [1.29, 1.82) is 0 Å². The third-order valence-electron chi connectivity index (χ3n) is 6.12. The molecule has 2 saturated heterocycles. The molecule has 2 aliphatic heterocycles. The fourth-order valence-corrected chi connectivity index (χ4v) is 4.97. The summed E-state index contributed by atoms with van der Waals surface area (Å²) >= 11 is 0. The number of nitrogens with two attached hydrogens (primary N) is 1. The topological polar surface area (TPSA) is 81.6 Å². The highest BCUT2D eigenvalue weighted by atomic mass is 19.4. The summed E-state index contributed by atoms with van der Waals surface area (Å²) in [6.45, 7) is -0.403. The van der Waals surface area contributed by atoms with Crippen LogP contribution in [0, 0.1) is 5.92 Å². The molecule has 0 radical (unpaired) electrons. The van der Waals surface area contributed by atoms with Crippen LogP contribution in [0.5, 0.6) is 5.75 Å². The van der Waals surface area contributed by atoms with Gasteiger partial charge in [0, 0.05) is 23.9 Å². The molecule has 3 atom stereocenters. The maximum absolute atomic E-state index is 13.0. The van der Waals surface area contributed by atoms with Gasteiger partial charge in [-0.1, -0.05) is 6.07 Å². The lowest BCUT2D eigenvalue weighted by molar-refractivity contribution is -0.162. The van der Waals surface area contributed by atoms with Gasteiger partial charge in [0.2, 0.25) is 5.95 Å². The maximum atomic E-state index is 13.0. The molecule has 6 rings (SSSR count). The minimum Gasteiger partial charge on any atom is -0.494 e. The highest BCUT2D eigenvalue weighted by Gasteiger charge is 2.46. The largest absolute Gasteiger partial charge is 0.494 e. The monoisotopic (exact) mass is 406 g/mol. The Morgan fingerprint density at radius 2 is 2.07 bits per heavy atom. The van der Waals surface area contributed by atoms with Gasteiger partial charge in [0.05, 0.1) is 13.7 Å². The van der Waals surface area contributed by atoms with Crippen LogP contribution in [0.3, 0.4) is 0 Å². The molecule has 1 aromatic carbocycles. The van der Waals surface area contributed by atoms with Crippen molar-refractivity contribution in [3.05, 3.63) is 24.0 Å². The number of methoxy groups -OCH3 is 1. The van der Waals surface area contributed by atoms with Gasteiger partial charge in [-0.25, -0.2) is 9.97 Å². The van der Waals surface area contributed by atoms with Gasteiger partial charge >= 0.3 is 6.18 Å². The number of anilines is 1. The number of rotatable bonds is 3. The van der Waals surface area contributed by atoms with Crippen molar-refractivity contribution in [2.24, 2.45) is 5.92 Å². The van der Waals surface area contributed by atoms with Gasteiger partial charge in [-0.2, -0.15) is 17.7 Å². The first-order valence-corrected chi connectivity index (χ1v) is 9.63. The molecule has 2 N–H and O–H groups in total. The van der Waals surface area contributed by atoms with Crippen LogP contribution >= 0.6 is 0 Å². The molecule has 3 fully saturated rings. The Labute approximate surface area is 164 Å². The van der Waals surface area contributed by atoms with Crippen LogP contribution in [-0.4, -0.2) is 56.9 Å². The standard InChI is InChI=1S/C19H21F3N6O/c1-29-14-4-2-3-11-15(14)24-18(23)28-17(11)25-16(26-28)12-7-10-5-6-13(12)27(8-10)9-19(20,21)22/h2-4,10,12-13H,5-9H2,1H3,(H2,23,24)/t10?,12-,13-/m0/s1. The van der Waals surface area contributed by atoms with Crippen LogP contribution in [0.25, 0.3) is 16.6 Å². The van der Waals surface area contributed by atoms with Gasteiger partial charge in [-0.05, 0) is 37.3 Å². The molecule has 3 aromatic rings. The van der Waals surface area contributed by atoms with Gasteiger partial charge in [0.1, 0.15) is 11.3 Å². The first-order chi connectivity index (χ1) is 13.8. The van der Waals surface area contributed by atoms with E-state index in [4.69, 9.17) is 15.5 Å². The number of benzene rings is 1. The van der Waals surface area contributed by atoms with E-state index in [0.717, 1.165) is 24.6 Å². The molecule has 154 valence electrons. The molecule has 1 unspecified atom stereocenters. The fraction of sp³-hybridized carbons (Fsp3) is 0.526. The van der Waals surface area contributed by atoms with E-state index in [1.165, 1.54) is 4.52 Å². The highest BCUT2D eigenvalue weighted by molar-refractivity contribution is 5.95. The number of nitrogens with zero attached hydrogens (tertiary/aromatic N) is 5. The molecular weight excluding hydrogens is 385 g/mol. The number of para-hydroxylation sites is 1. The number of hydrogen-bond donors (Lipinski definition) is 1. The third-order valence-corrected chi connectivity index (χ3v) is 6.12. The van der Waals surface area contributed by atoms with E-state index in [0.29, 0.717) is 29.3 Å². The zero-order valence-corrected chi connectivity index (χ0v) is 15.9. The normalized spacial score (nSPS) is 25.2. The van der Waals surface area contributed by atoms with Crippen molar-refractivity contribution < 1.29 is 17.9 Å². The van der Waals surface area contributed by atoms with Crippen molar-refractivity contribution in [1.82, 2.24) is 24.5 Å². The highest BCUT2D eigenvalue weighted by Crippen LogP contribution is 2.44. The van der Waals surface area contributed by atoms with Crippen molar-refractivity contribution in [3.63, 3.8) is 0 Å². The molecule has 29 heavy (non-hydrogen) atoms. The van der Waals surface area contributed by atoms with E-state index >= 15 is 0 Å². The molecule has 1 aliphatic carbocycles. The lowest BCUT2D eigenvalue weighted by atomic mass is 9.72. The summed E-state index contributed by atoms with van der Waals surface area (Å²) in [4.78, 5) is 10.7. The van der Waals surface area contributed by atoms with E-state index in [-0.39, 0.29) is 23.8 Å². The Hall–Kier alpha value is -2.62. The number of ether oxygens (including phenoxy) is 1. The predicted molar refractivity (Wildman–Crippen MR) is 101 cm³/mol. The second-order valence-electron chi connectivity index (χ2n) is 7.93. The summed E-state index contributed by atoms with van der Waals surface area (Å²) in [7, 11) is 1.56. The molecule has 10 heteroatoms. The van der Waals surface area contributed by atoms with Crippen molar-refractivity contribution in [2.75, 3.05) is 25.9 Å². The minimum atomic E-state index is -4.21. The minimum absolute atomic E-state index is 0.148. The Bertz CT molecular complexity index is 1080. The van der Waals surface area contributed by atoms with Crippen LogP contribution in [0.15, 0.2) is 18.2 Å². The van der Waals surface area contributed by atoms with E-state index in [2.05, 4.69) is 10.1 Å². The molecule has 1 saturated carbocycles. The Morgan fingerprint density at radius 1 is 1.24 bits per heavy atom. The Balaban J connectivity index is 1.59. The van der Waals surface area contributed by atoms with Crippen LogP contribution in [-0.2, 0) is 0 Å². The molecule has 2 aromatic heterocycles.